The molecule has 168 valence electrons. The molecule has 1 saturated heterocycles. The van der Waals surface area contributed by atoms with Gasteiger partial charge in [0.1, 0.15) is 0 Å². The van der Waals surface area contributed by atoms with E-state index in [0.717, 1.165) is 36.9 Å². The van der Waals surface area contributed by atoms with E-state index in [9.17, 15) is 9.59 Å². The lowest BCUT2D eigenvalue weighted by molar-refractivity contribution is -0.136. The van der Waals surface area contributed by atoms with Gasteiger partial charge in [0.15, 0.2) is 0 Å². The summed E-state index contributed by atoms with van der Waals surface area (Å²) in [4.78, 5) is 29.6. The number of methoxy groups -OCH3 is 1. The molecule has 0 unspecified atom stereocenters. The summed E-state index contributed by atoms with van der Waals surface area (Å²) in [6.07, 6.45) is 0. The fourth-order valence-corrected chi connectivity index (χ4v) is 4.61. The van der Waals surface area contributed by atoms with Crippen molar-refractivity contribution in [1.82, 2.24) is 15.5 Å². The van der Waals surface area contributed by atoms with Gasteiger partial charge in [-0.3, -0.25) is 4.90 Å². The summed E-state index contributed by atoms with van der Waals surface area (Å²) in [5.41, 5.74) is 2.54. The van der Waals surface area contributed by atoms with Gasteiger partial charge in [0.2, 0.25) is 0 Å². The number of hydrogen-bond donors (Lipinski definition) is 2. The van der Waals surface area contributed by atoms with E-state index in [1.807, 2.05) is 30.3 Å². The Morgan fingerprint density at radius 1 is 1.03 bits per heavy atom. The van der Waals surface area contributed by atoms with Crippen molar-refractivity contribution in [1.29, 1.82) is 0 Å². The standard InChI is InChI=1S/C23H24Cl2N4O3/c1-32-22(30)20-18(26-23(31)27-21(20)15-6-2-3-7-16(15)24)14-28-10-12-29(13-11-28)19-9-5-4-8-17(19)25/h2-9,21H,10-14H2,1H3,(H2,26,27,31)/t21-/m1/s1. The highest BCUT2D eigenvalue weighted by Crippen LogP contribution is 2.32. The van der Waals surface area contributed by atoms with Crippen molar-refractivity contribution in [3.8, 4) is 0 Å². The topological polar surface area (TPSA) is 73.9 Å². The van der Waals surface area contributed by atoms with Gasteiger partial charge in [0.25, 0.3) is 0 Å². The molecular formula is C23H24Cl2N4O3. The average molecular weight is 475 g/mol. The van der Waals surface area contributed by atoms with Crippen LogP contribution in [0.5, 0.6) is 0 Å². The number of anilines is 1. The molecule has 2 aliphatic heterocycles. The maximum atomic E-state index is 12.7. The molecule has 0 bridgehead atoms. The van der Waals surface area contributed by atoms with Crippen molar-refractivity contribution in [2.75, 3.05) is 44.7 Å². The minimum absolute atomic E-state index is 0.355. The number of carbonyl (C=O) groups excluding carboxylic acids is 2. The Hall–Kier alpha value is -2.74. The molecule has 2 amide bonds. The van der Waals surface area contributed by atoms with Crippen molar-refractivity contribution < 1.29 is 14.3 Å². The minimum Gasteiger partial charge on any atom is -0.466 e. The molecule has 0 saturated carbocycles. The summed E-state index contributed by atoms with van der Waals surface area (Å²) in [5.74, 6) is -0.507. The molecular weight excluding hydrogens is 451 g/mol. The lowest BCUT2D eigenvalue weighted by Gasteiger charge is -2.38. The first-order chi connectivity index (χ1) is 15.5. The summed E-state index contributed by atoms with van der Waals surface area (Å²) in [6.45, 7) is 3.48. The number of urea groups is 1. The van der Waals surface area contributed by atoms with Crippen molar-refractivity contribution in [2.24, 2.45) is 0 Å². The van der Waals surface area contributed by atoms with E-state index < -0.39 is 12.0 Å². The normalized spacial score (nSPS) is 19.4. The maximum Gasteiger partial charge on any atom is 0.338 e. The molecule has 2 N–H and O–H groups in total. The van der Waals surface area contributed by atoms with Crippen LogP contribution in [0.1, 0.15) is 11.6 Å². The maximum absolute atomic E-state index is 12.7. The molecule has 9 heteroatoms. The number of hydrogen-bond acceptors (Lipinski definition) is 5. The van der Waals surface area contributed by atoms with Crippen LogP contribution >= 0.6 is 23.2 Å². The number of amides is 2. The van der Waals surface area contributed by atoms with Gasteiger partial charge in [-0.25, -0.2) is 9.59 Å². The summed E-state index contributed by atoms with van der Waals surface area (Å²) in [7, 11) is 1.33. The number of benzene rings is 2. The van der Waals surface area contributed by atoms with Crippen LogP contribution in [0.25, 0.3) is 0 Å². The Balaban J connectivity index is 1.56. The zero-order valence-corrected chi connectivity index (χ0v) is 19.1. The number of ether oxygens (including phenoxy) is 1. The number of rotatable bonds is 5. The van der Waals surface area contributed by atoms with Crippen molar-refractivity contribution in [3.63, 3.8) is 0 Å². The predicted molar refractivity (Wildman–Crippen MR) is 125 cm³/mol. The van der Waals surface area contributed by atoms with Gasteiger partial charge in [0, 0.05) is 43.4 Å². The van der Waals surface area contributed by atoms with Crippen LogP contribution in [0.15, 0.2) is 59.8 Å². The largest absolute Gasteiger partial charge is 0.466 e. The third-order valence-corrected chi connectivity index (χ3v) is 6.39. The molecule has 2 aromatic rings. The van der Waals surface area contributed by atoms with Crippen LogP contribution in [0.4, 0.5) is 10.5 Å². The van der Waals surface area contributed by atoms with Crippen LogP contribution in [-0.2, 0) is 9.53 Å². The first kappa shape index (κ1) is 22.5. The smallest absolute Gasteiger partial charge is 0.338 e. The van der Waals surface area contributed by atoms with Crippen LogP contribution < -0.4 is 15.5 Å². The molecule has 1 fully saturated rings. The van der Waals surface area contributed by atoms with Gasteiger partial charge in [-0.2, -0.15) is 0 Å². The SMILES string of the molecule is COC(=O)C1=C(CN2CCN(c3ccccc3Cl)CC2)NC(=O)N[C@@H]1c1ccccc1Cl. The second-order valence-electron chi connectivity index (χ2n) is 7.65. The fraction of sp³-hybridized carbons (Fsp3) is 0.304. The molecule has 2 aliphatic rings. The van der Waals surface area contributed by atoms with Crippen LogP contribution in [0, 0.1) is 0 Å². The zero-order valence-electron chi connectivity index (χ0n) is 17.6. The Labute approximate surface area is 196 Å². The average Bonchev–Trinajstić information content (AvgIpc) is 2.79. The quantitative estimate of drug-likeness (QED) is 0.647. The summed E-state index contributed by atoms with van der Waals surface area (Å²) < 4.78 is 5.05. The van der Waals surface area contributed by atoms with E-state index in [1.165, 1.54) is 7.11 Å². The van der Waals surface area contributed by atoms with Gasteiger partial charge in [-0.15, -0.1) is 0 Å². The van der Waals surface area contributed by atoms with E-state index in [-0.39, 0.29) is 6.03 Å². The van der Waals surface area contributed by atoms with Crippen LogP contribution in [0.3, 0.4) is 0 Å². The molecule has 0 radical (unpaired) electrons. The zero-order chi connectivity index (χ0) is 22.7. The first-order valence-electron chi connectivity index (χ1n) is 10.3. The van der Waals surface area contributed by atoms with E-state index in [0.29, 0.717) is 28.4 Å². The van der Waals surface area contributed by atoms with E-state index in [4.69, 9.17) is 27.9 Å². The first-order valence-corrected chi connectivity index (χ1v) is 11.1. The van der Waals surface area contributed by atoms with Gasteiger partial charge in [-0.05, 0) is 23.8 Å². The van der Waals surface area contributed by atoms with Gasteiger partial charge < -0.3 is 20.3 Å². The van der Waals surface area contributed by atoms with E-state index in [1.54, 1.807) is 18.2 Å². The molecule has 32 heavy (non-hydrogen) atoms. The van der Waals surface area contributed by atoms with E-state index in [2.05, 4.69) is 20.4 Å². The highest BCUT2D eigenvalue weighted by atomic mass is 35.5. The highest BCUT2D eigenvalue weighted by molar-refractivity contribution is 6.33. The van der Waals surface area contributed by atoms with Gasteiger partial charge in [-0.1, -0.05) is 53.5 Å². The Morgan fingerprint density at radius 2 is 1.69 bits per heavy atom. The molecule has 2 heterocycles. The summed E-state index contributed by atoms with van der Waals surface area (Å²) in [6, 6.07) is 13.9. The third kappa shape index (κ3) is 4.70. The third-order valence-electron chi connectivity index (χ3n) is 5.72. The summed E-state index contributed by atoms with van der Waals surface area (Å²) in [5, 5.41) is 6.81. The lowest BCUT2D eigenvalue weighted by atomic mass is 9.95. The second-order valence-corrected chi connectivity index (χ2v) is 8.47. The van der Waals surface area contributed by atoms with Crippen LogP contribution in [0.2, 0.25) is 10.0 Å². The van der Waals surface area contributed by atoms with E-state index >= 15 is 0 Å². The molecule has 1 atom stereocenters. The number of nitrogens with zero attached hydrogens (tertiary/aromatic N) is 2. The number of piperazine rings is 1. The fourth-order valence-electron chi connectivity index (χ4n) is 4.11. The Bertz CT molecular complexity index is 1050. The highest BCUT2D eigenvalue weighted by Gasteiger charge is 2.35. The second kappa shape index (κ2) is 9.81. The predicted octanol–water partition coefficient (Wildman–Crippen LogP) is 3.60. The lowest BCUT2D eigenvalue weighted by Crippen LogP contribution is -2.51. The number of esters is 1. The van der Waals surface area contributed by atoms with Crippen molar-refractivity contribution in [2.45, 2.75) is 6.04 Å². The molecule has 0 spiro atoms. The number of carbonyl (C=O) groups is 2. The van der Waals surface area contributed by atoms with Gasteiger partial charge in [0.05, 0.1) is 29.4 Å². The number of nitrogens with one attached hydrogen (secondary N) is 2. The molecule has 4 rings (SSSR count). The number of halogens is 2. The number of para-hydroxylation sites is 1. The van der Waals surface area contributed by atoms with Crippen molar-refractivity contribution >= 4 is 40.9 Å². The summed E-state index contributed by atoms with van der Waals surface area (Å²) >= 11 is 12.7. The van der Waals surface area contributed by atoms with Crippen LogP contribution in [-0.4, -0.2) is 56.7 Å². The Morgan fingerprint density at radius 3 is 2.34 bits per heavy atom. The Kier molecular flexibility index (Phi) is 6.89. The molecule has 0 aromatic heterocycles. The van der Waals surface area contributed by atoms with Crippen molar-refractivity contribution in [3.05, 3.63) is 75.4 Å². The molecule has 0 aliphatic carbocycles. The van der Waals surface area contributed by atoms with Gasteiger partial charge >= 0.3 is 12.0 Å². The molecule has 7 nitrogen and oxygen atoms in total. The monoisotopic (exact) mass is 474 g/mol. The molecule has 2 aromatic carbocycles. The minimum atomic E-state index is -0.690.